The Labute approximate surface area is 158 Å². The number of aromatic amines is 1. The first kappa shape index (κ1) is 16.4. The van der Waals surface area contributed by atoms with Crippen LogP contribution in [0.2, 0.25) is 0 Å². The predicted molar refractivity (Wildman–Crippen MR) is 105 cm³/mol. The van der Waals surface area contributed by atoms with Gasteiger partial charge in [-0.2, -0.15) is 0 Å². The molecule has 1 aliphatic heterocycles. The number of amides is 1. The van der Waals surface area contributed by atoms with Gasteiger partial charge >= 0.3 is 0 Å². The van der Waals surface area contributed by atoms with E-state index in [1.165, 1.54) is 0 Å². The number of hydrogen-bond acceptors (Lipinski definition) is 6. The van der Waals surface area contributed by atoms with Crippen LogP contribution in [0.3, 0.4) is 0 Å². The van der Waals surface area contributed by atoms with E-state index in [4.69, 9.17) is 9.15 Å². The molecule has 3 N–H and O–H groups in total. The molecule has 5 rings (SSSR count). The molecule has 3 heterocycles. The number of carbonyl (C=O) groups is 1. The second-order valence-corrected chi connectivity index (χ2v) is 6.60. The van der Waals surface area contributed by atoms with Crippen LogP contribution in [-0.2, 0) is 11.3 Å². The summed E-state index contributed by atoms with van der Waals surface area (Å²) < 4.78 is 11.1. The smallest absolute Gasteiger partial charge is 0.294 e. The second kappa shape index (κ2) is 6.12. The van der Waals surface area contributed by atoms with Gasteiger partial charge in [-0.1, -0.05) is 12.1 Å². The van der Waals surface area contributed by atoms with Gasteiger partial charge in [0.1, 0.15) is 22.7 Å². The van der Waals surface area contributed by atoms with E-state index in [0.29, 0.717) is 34.9 Å². The molecule has 8 nitrogen and oxygen atoms in total. The number of nitrogens with one attached hydrogen (secondary N) is 3. The standard InChI is InChI=1S/C20H16N4O4/c1-10-19(25)22-13-8-11(6-7-15(13)27-10)21-9-16-23-17-12-4-2-3-5-14(12)28-18(17)20(26)24-16/h2-8,10,21H,9H2,1H3,(H,22,25)(H,23,24,26)/t10-/m0/s1. The van der Waals surface area contributed by atoms with Crippen molar-refractivity contribution in [1.82, 2.24) is 9.97 Å². The molecule has 0 radical (unpaired) electrons. The van der Waals surface area contributed by atoms with Gasteiger partial charge in [0.2, 0.25) is 5.58 Å². The van der Waals surface area contributed by atoms with E-state index in [1.54, 1.807) is 25.1 Å². The molecule has 8 heteroatoms. The highest BCUT2D eigenvalue weighted by molar-refractivity contribution is 6.01. The van der Waals surface area contributed by atoms with Crippen LogP contribution in [-0.4, -0.2) is 22.0 Å². The maximum atomic E-state index is 12.4. The van der Waals surface area contributed by atoms with Crippen molar-refractivity contribution in [2.24, 2.45) is 0 Å². The van der Waals surface area contributed by atoms with Crippen LogP contribution in [0.5, 0.6) is 5.75 Å². The average Bonchev–Trinajstić information content (AvgIpc) is 3.07. The first-order valence-electron chi connectivity index (χ1n) is 8.84. The Morgan fingerprint density at radius 2 is 2.04 bits per heavy atom. The highest BCUT2D eigenvalue weighted by Gasteiger charge is 2.23. The largest absolute Gasteiger partial charge is 0.479 e. The summed E-state index contributed by atoms with van der Waals surface area (Å²) in [5.74, 6) is 0.916. The molecule has 1 amide bonds. The van der Waals surface area contributed by atoms with Crippen molar-refractivity contribution < 1.29 is 13.9 Å². The van der Waals surface area contributed by atoms with Gasteiger partial charge < -0.3 is 24.8 Å². The first-order valence-corrected chi connectivity index (χ1v) is 8.84. The van der Waals surface area contributed by atoms with Crippen LogP contribution in [0.25, 0.3) is 22.1 Å². The maximum absolute atomic E-state index is 12.4. The Hall–Kier alpha value is -3.81. The molecule has 0 saturated heterocycles. The van der Waals surface area contributed by atoms with Crippen LogP contribution in [0.4, 0.5) is 11.4 Å². The second-order valence-electron chi connectivity index (χ2n) is 6.60. The number of para-hydroxylation sites is 1. The summed E-state index contributed by atoms with van der Waals surface area (Å²) in [6.07, 6.45) is -0.517. The van der Waals surface area contributed by atoms with E-state index in [9.17, 15) is 9.59 Å². The summed E-state index contributed by atoms with van der Waals surface area (Å²) in [7, 11) is 0. The normalized spacial score (nSPS) is 15.9. The van der Waals surface area contributed by atoms with Gasteiger partial charge in [0.15, 0.2) is 6.10 Å². The molecule has 4 aromatic rings. The lowest BCUT2D eigenvalue weighted by molar-refractivity contribution is -0.122. The summed E-state index contributed by atoms with van der Waals surface area (Å²) in [5, 5.41) is 6.81. The van der Waals surface area contributed by atoms with Crippen LogP contribution in [0.15, 0.2) is 51.7 Å². The number of H-pyrrole nitrogens is 1. The summed E-state index contributed by atoms with van der Waals surface area (Å²) in [5.41, 5.74) is 2.42. The number of furan rings is 1. The fourth-order valence-corrected chi connectivity index (χ4v) is 3.24. The van der Waals surface area contributed by atoms with Crippen LogP contribution in [0.1, 0.15) is 12.7 Å². The summed E-state index contributed by atoms with van der Waals surface area (Å²) in [6.45, 7) is 2.00. The average molecular weight is 376 g/mol. The van der Waals surface area contributed by atoms with E-state index in [2.05, 4.69) is 20.6 Å². The lowest BCUT2D eigenvalue weighted by Gasteiger charge is -2.23. The molecule has 0 bridgehead atoms. The van der Waals surface area contributed by atoms with Gasteiger partial charge in [-0.3, -0.25) is 9.59 Å². The number of aromatic nitrogens is 2. The minimum Gasteiger partial charge on any atom is -0.479 e. The van der Waals surface area contributed by atoms with Crippen LogP contribution >= 0.6 is 0 Å². The molecule has 0 spiro atoms. The highest BCUT2D eigenvalue weighted by Crippen LogP contribution is 2.32. The zero-order valence-corrected chi connectivity index (χ0v) is 14.9. The van der Waals surface area contributed by atoms with Gasteiger partial charge in [0.05, 0.1) is 12.2 Å². The monoisotopic (exact) mass is 376 g/mol. The molecule has 0 aliphatic carbocycles. The Balaban J connectivity index is 1.43. The number of benzene rings is 2. The fraction of sp³-hybridized carbons (Fsp3) is 0.150. The molecule has 28 heavy (non-hydrogen) atoms. The van der Waals surface area contributed by atoms with Crippen molar-refractivity contribution in [2.75, 3.05) is 10.6 Å². The van der Waals surface area contributed by atoms with Crippen molar-refractivity contribution in [1.29, 1.82) is 0 Å². The van der Waals surface area contributed by atoms with E-state index in [-0.39, 0.29) is 17.0 Å². The van der Waals surface area contributed by atoms with Gasteiger partial charge in [0, 0.05) is 11.1 Å². The van der Waals surface area contributed by atoms with Crippen molar-refractivity contribution >= 4 is 39.4 Å². The Morgan fingerprint density at radius 1 is 1.18 bits per heavy atom. The summed E-state index contributed by atoms with van der Waals surface area (Å²) in [4.78, 5) is 31.4. The number of carbonyl (C=O) groups excluding carboxylic acids is 1. The van der Waals surface area contributed by atoms with E-state index >= 15 is 0 Å². The minimum atomic E-state index is -0.517. The van der Waals surface area contributed by atoms with Crippen molar-refractivity contribution in [2.45, 2.75) is 19.6 Å². The molecular formula is C20H16N4O4. The molecule has 140 valence electrons. The molecule has 0 unspecified atom stereocenters. The van der Waals surface area contributed by atoms with Gasteiger partial charge in [-0.15, -0.1) is 0 Å². The van der Waals surface area contributed by atoms with Crippen LogP contribution < -0.4 is 20.9 Å². The van der Waals surface area contributed by atoms with E-state index in [1.807, 2.05) is 24.3 Å². The quantitative estimate of drug-likeness (QED) is 0.507. The van der Waals surface area contributed by atoms with E-state index in [0.717, 1.165) is 11.1 Å². The third kappa shape index (κ3) is 2.66. The van der Waals surface area contributed by atoms with Gasteiger partial charge in [-0.25, -0.2) is 4.98 Å². The lowest BCUT2D eigenvalue weighted by Crippen LogP contribution is -2.34. The number of hydrogen-bond donors (Lipinski definition) is 3. The molecule has 2 aromatic carbocycles. The minimum absolute atomic E-state index is 0.187. The third-order valence-corrected chi connectivity index (χ3v) is 4.65. The SMILES string of the molecule is C[C@@H]1Oc2ccc(NCc3nc4c(oc5ccccc54)c(=O)[nH]3)cc2NC1=O. The highest BCUT2D eigenvalue weighted by atomic mass is 16.5. The molecule has 1 aliphatic rings. The number of rotatable bonds is 3. The first-order chi connectivity index (χ1) is 13.6. The van der Waals surface area contributed by atoms with Crippen LogP contribution in [0, 0.1) is 0 Å². The van der Waals surface area contributed by atoms with Crippen molar-refractivity contribution in [3.63, 3.8) is 0 Å². The predicted octanol–water partition coefficient (Wildman–Crippen LogP) is 3.00. The zero-order valence-electron chi connectivity index (χ0n) is 14.9. The van der Waals surface area contributed by atoms with Crippen molar-refractivity contribution in [3.05, 3.63) is 58.6 Å². The summed E-state index contributed by atoms with van der Waals surface area (Å²) in [6, 6.07) is 12.8. The Bertz CT molecular complexity index is 1290. The maximum Gasteiger partial charge on any atom is 0.294 e. The third-order valence-electron chi connectivity index (χ3n) is 4.65. The Morgan fingerprint density at radius 3 is 2.93 bits per heavy atom. The number of anilines is 2. The molecule has 2 aromatic heterocycles. The number of fused-ring (bicyclic) bond motifs is 4. The molecule has 0 fully saturated rings. The molecular weight excluding hydrogens is 360 g/mol. The van der Waals surface area contributed by atoms with E-state index < -0.39 is 6.10 Å². The fourth-order valence-electron chi connectivity index (χ4n) is 3.24. The van der Waals surface area contributed by atoms with Crippen molar-refractivity contribution in [3.8, 4) is 5.75 Å². The lowest BCUT2D eigenvalue weighted by atomic mass is 10.2. The molecule has 1 atom stereocenters. The number of nitrogens with zero attached hydrogens (tertiary/aromatic N) is 1. The number of ether oxygens (including phenoxy) is 1. The zero-order chi connectivity index (χ0) is 19.3. The topological polar surface area (TPSA) is 109 Å². The van der Waals surface area contributed by atoms with Gasteiger partial charge in [0.25, 0.3) is 11.5 Å². The van der Waals surface area contributed by atoms with Gasteiger partial charge in [-0.05, 0) is 37.3 Å². The summed E-state index contributed by atoms with van der Waals surface area (Å²) >= 11 is 0. The molecule has 0 saturated carbocycles. The Kier molecular flexibility index (Phi) is 3.58.